The second-order valence-corrected chi connectivity index (χ2v) is 9.57. The van der Waals surface area contributed by atoms with Crippen molar-refractivity contribution < 1.29 is 31.1 Å². The lowest BCUT2D eigenvalue weighted by Gasteiger charge is -2.20. The molecule has 11 heteroatoms. The Hall–Kier alpha value is -3.08. The van der Waals surface area contributed by atoms with Crippen LogP contribution in [-0.2, 0) is 27.4 Å². The number of halogens is 4. The molecule has 0 saturated carbocycles. The monoisotopic (exact) mass is 526 g/mol. The van der Waals surface area contributed by atoms with Gasteiger partial charge in [-0.05, 0) is 61.4 Å². The van der Waals surface area contributed by atoms with E-state index in [0.29, 0.717) is 24.0 Å². The minimum Gasteiger partial charge on any atom is -0.494 e. The minimum atomic E-state index is -4.65. The van der Waals surface area contributed by atoms with Gasteiger partial charge in [0.05, 0.1) is 27.8 Å². The summed E-state index contributed by atoms with van der Waals surface area (Å²) in [5.74, 6) is -0.395. The van der Waals surface area contributed by atoms with Crippen LogP contribution in [-0.4, -0.2) is 27.0 Å². The van der Waals surface area contributed by atoms with E-state index >= 15 is 0 Å². The summed E-state index contributed by atoms with van der Waals surface area (Å²) < 4.78 is 73.0. The average molecular weight is 527 g/mol. The van der Waals surface area contributed by atoms with Gasteiger partial charge in [0.25, 0.3) is 0 Å². The van der Waals surface area contributed by atoms with Crippen LogP contribution in [0.1, 0.15) is 18.1 Å². The lowest BCUT2D eigenvalue weighted by Crippen LogP contribution is -2.45. The molecule has 35 heavy (non-hydrogen) atoms. The third-order valence-corrected chi connectivity index (χ3v) is 6.71. The summed E-state index contributed by atoms with van der Waals surface area (Å²) >= 11 is 5.99. The van der Waals surface area contributed by atoms with Crippen LogP contribution in [0.3, 0.4) is 0 Å². The predicted octanol–water partition coefficient (Wildman–Crippen LogP) is 5.29. The van der Waals surface area contributed by atoms with Gasteiger partial charge in [-0.2, -0.15) is 17.9 Å². The summed E-state index contributed by atoms with van der Waals surface area (Å²) in [5, 5.41) is 2.20. The first-order chi connectivity index (χ1) is 16.5. The maximum absolute atomic E-state index is 13.1. The van der Waals surface area contributed by atoms with E-state index in [-0.39, 0.29) is 22.0 Å². The molecule has 2 N–H and O–H groups in total. The quantitative estimate of drug-likeness (QED) is 0.397. The third kappa shape index (κ3) is 7.20. The molecule has 3 aromatic carbocycles. The highest BCUT2D eigenvalue weighted by Crippen LogP contribution is 2.34. The van der Waals surface area contributed by atoms with Gasteiger partial charge in [0.15, 0.2) is 0 Å². The van der Waals surface area contributed by atoms with Crippen molar-refractivity contribution >= 4 is 33.2 Å². The topological polar surface area (TPSA) is 84.5 Å². The van der Waals surface area contributed by atoms with Crippen LogP contribution in [0.5, 0.6) is 5.75 Å². The van der Waals surface area contributed by atoms with Crippen molar-refractivity contribution in [3.63, 3.8) is 0 Å². The summed E-state index contributed by atoms with van der Waals surface area (Å²) in [6.45, 7) is 2.19. The summed E-state index contributed by atoms with van der Waals surface area (Å²) in [7, 11) is -4.17. The van der Waals surface area contributed by atoms with Gasteiger partial charge in [-0.3, -0.25) is 4.79 Å². The standard InChI is InChI=1S/C24H22ClF3N2O4S/c1-2-34-18-9-11-19(12-10-18)35(32,33)30-22(14-16-6-4-3-5-7-16)23(31)29-21-15-17(24(26,27)28)8-13-20(21)25/h3-13,15,22,30H,2,14H2,1H3,(H,29,31)/t22-/m0/s1. The second-order valence-electron chi connectivity index (χ2n) is 7.45. The highest BCUT2D eigenvalue weighted by molar-refractivity contribution is 7.89. The molecule has 0 radical (unpaired) electrons. The number of carbonyl (C=O) groups excluding carboxylic acids is 1. The van der Waals surface area contributed by atoms with E-state index in [1.54, 1.807) is 37.3 Å². The van der Waals surface area contributed by atoms with E-state index in [0.717, 1.165) is 12.1 Å². The number of nitrogens with one attached hydrogen (secondary N) is 2. The molecule has 0 unspecified atom stereocenters. The summed E-state index contributed by atoms with van der Waals surface area (Å²) in [5.41, 5.74) is -0.659. The van der Waals surface area contributed by atoms with Crippen molar-refractivity contribution in [2.24, 2.45) is 0 Å². The maximum atomic E-state index is 13.1. The minimum absolute atomic E-state index is 0.0560. The second kappa shape index (κ2) is 11.1. The Labute approximate surface area is 206 Å². The SMILES string of the molecule is CCOc1ccc(S(=O)(=O)N[C@@H](Cc2ccccc2)C(=O)Nc2cc(C(F)(F)F)ccc2Cl)cc1. The molecule has 1 amide bonds. The number of hydrogen-bond donors (Lipinski definition) is 2. The molecule has 3 aromatic rings. The zero-order chi connectivity index (χ0) is 25.6. The van der Waals surface area contributed by atoms with Gasteiger partial charge in [0, 0.05) is 0 Å². The first kappa shape index (κ1) is 26.5. The summed E-state index contributed by atoms with van der Waals surface area (Å²) in [6, 6.07) is 15.3. The van der Waals surface area contributed by atoms with E-state index in [1.165, 1.54) is 24.3 Å². The van der Waals surface area contributed by atoms with Crippen LogP contribution in [0.25, 0.3) is 0 Å². The van der Waals surface area contributed by atoms with Gasteiger partial charge in [-0.25, -0.2) is 8.42 Å². The van der Waals surface area contributed by atoms with Crippen LogP contribution in [0.2, 0.25) is 5.02 Å². The number of benzene rings is 3. The van der Waals surface area contributed by atoms with Gasteiger partial charge in [0.2, 0.25) is 15.9 Å². The molecule has 0 aliphatic carbocycles. The zero-order valence-electron chi connectivity index (χ0n) is 18.5. The van der Waals surface area contributed by atoms with E-state index < -0.39 is 33.7 Å². The predicted molar refractivity (Wildman–Crippen MR) is 127 cm³/mol. The largest absolute Gasteiger partial charge is 0.494 e. The highest BCUT2D eigenvalue weighted by atomic mass is 35.5. The fourth-order valence-electron chi connectivity index (χ4n) is 3.19. The van der Waals surface area contributed by atoms with Crippen LogP contribution >= 0.6 is 11.6 Å². The average Bonchev–Trinajstić information content (AvgIpc) is 2.80. The molecule has 0 aliphatic heterocycles. The lowest BCUT2D eigenvalue weighted by atomic mass is 10.1. The maximum Gasteiger partial charge on any atom is 0.416 e. The molecule has 0 bridgehead atoms. The molecule has 0 fully saturated rings. The van der Waals surface area contributed by atoms with Crippen molar-refractivity contribution in [1.82, 2.24) is 4.72 Å². The first-order valence-electron chi connectivity index (χ1n) is 10.5. The van der Waals surface area contributed by atoms with Crippen LogP contribution in [0.4, 0.5) is 18.9 Å². The molecule has 0 aliphatic rings. The Kier molecular flexibility index (Phi) is 8.42. The van der Waals surface area contributed by atoms with Crippen LogP contribution in [0, 0.1) is 0 Å². The number of hydrogen-bond acceptors (Lipinski definition) is 4. The van der Waals surface area contributed by atoms with E-state index in [1.807, 2.05) is 0 Å². The zero-order valence-corrected chi connectivity index (χ0v) is 20.0. The number of amides is 1. The van der Waals surface area contributed by atoms with E-state index in [2.05, 4.69) is 10.0 Å². The van der Waals surface area contributed by atoms with Crippen LogP contribution in [0.15, 0.2) is 77.7 Å². The molecule has 6 nitrogen and oxygen atoms in total. The first-order valence-corrected chi connectivity index (χ1v) is 12.3. The number of rotatable bonds is 9. The highest BCUT2D eigenvalue weighted by Gasteiger charge is 2.32. The number of sulfonamides is 1. The van der Waals surface area contributed by atoms with Gasteiger partial charge < -0.3 is 10.1 Å². The van der Waals surface area contributed by atoms with Crippen molar-refractivity contribution in [2.75, 3.05) is 11.9 Å². The number of alkyl halides is 3. The van der Waals surface area contributed by atoms with Crippen LogP contribution < -0.4 is 14.8 Å². The Morgan fingerprint density at radius 3 is 2.29 bits per heavy atom. The van der Waals surface area contributed by atoms with E-state index in [9.17, 15) is 26.4 Å². The Balaban J connectivity index is 1.89. The normalized spacial score (nSPS) is 12.7. The summed E-state index contributed by atoms with van der Waals surface area (Å²) in [4.78, 5) is 13.0. The molecular weight excluding hydrogens is 505 g/mol. The molecule has 0 heterocycles. The molecule has 3 rings (SSSR count). The van der Waals surface area contributed by atoms with Crippen molar-refractivity contribution in [3.8, 4) is 5.75 Å². The fraction of sp³-hybridized carbons (Fsp3) is 0.208. The number of ether oxygens (including phenoxy) is 1. The summed E-state index contributed by atoms with van der Waals surface area (Å²) in [6.07, 6.45) is -4.71. The van der Waals surface area contributed by atoms with Gasteiger partial charge >= 0.3 is 6.18 Å². The molecule has 0 saturated heterocycles. The van der Waals surface area contributed by atoms with Gasteiger partial charge in [0.1, 0.15) is 11.8 Å². The van der Waals surface area contributed by atoms with Gasteiger partial charge in [-0.1, -0.05) is 41.9 Å². The number of anilines is 1. The van der Waals surface area contributed by atoms with Crippen molar-refractivity contribution in [1.29, 1.82) is 0 Å². The van der Waals surface area contributed by atoms with Crippen molar-refractivity contribution in [2.45, 2.75) is 30.5 Å². The smallest absolute Gasteiger partial charge is 0.416 e. The third-order valence-electron chi connectivity index (χ3n) is 4.89. The van der Waals surface area contributed by atoms with Gasteiger partial charge in [-0.15, -0.1) is 0 Å². The molecular formula is C24H22ClF3N2O4S. The molecule has 1 atom stereocenters. The molecule has 0 spiro atoms. The molecule has 186 valence electrons. The van der Waals surface area contributed by atoms with E-state index in [4.69, 9.17) is 16.3 Å². The fourth-order valence-corrected chi connectivity index (χ4v) is 4.55. The number of carbonyl (C=O) groups is 1. The Bertz CT molecular complexity index is 1270. The molecule has 0 aromatic heterocycles. The Morgan fingerprint density at radius 2 is 1.69 bits per heavy atom. The Morgan fingerprint density at radius 1 is 1.03 bits per heavy atom. The lowest BCUT2D eigenvalue weighted by molar-refractivity contribution is -0.137. The van der Waals surface area contributed by atoms with Crippen molar-refractivity contribution in [3.05, 3.63) is 88.9 Å².